The van der Waals surface area contributed by atoms with Crippen molar-refractivity contribution in [3.63, 3.8) is 0 Å². The summed E-state index contributed by atoms with van der Waals surface area (Å²) in [5.41, 5.74) is 19.8. The third kappa shape index (κ3) is 5.55. The average molecular weight is 776 g/mol. The number of aromatic nitrogens is 3. The summed E-state index contributed by atoms with van der Waals surface area (Å²) in [6.07, 6.45) is 0. The number of benzene rings is 9. The van der Waals surface area contributed by atoms with Crippen molar-refractivity contribution in [2.24, 2.45) is 0 Å². The van der Waals surface area contributed by atoms with Crippen LogP contribution in [0.2, 0.25) is 0 Å². The Morgan fingerprint density at radius 1 is 0.230 bits per heavy atom. The van der Waals surface area contributed by atoms with Gasteiger partial charge in [0.1, 0.15) is 0 Å². The lowest BCUT2D eigenvalue weighted by Crippen LogP contribution is -2.26. The Kier molecular flexibility index (Phi) is 8.07. The fourth-order valence-corrected chi connectivity index (χ4v) is 9.89. The molecule has 1 aromatic heterocycles. The van der Waals surface area contributed by atoms with Crippen molar-refractivity contribution in [3.05, 3.63) is 247 Å². The van der Waals surface area contributed by atoms with Gasteiger partial charge in [0.05, 0.1) is 5.41 Å². The molecule has 3 nitrogen and oxygen atoms in total. The average Bonchev–Trinajstić information content (AvgIpc) is 3.82. The molecule has 0 fully saturated rings. The second-order valence-electron chi connectivity index (χ2n) is 15.9. The van der Waals surface area contributed by atoms with Gasteiger partial charge in [-0.2, -0.15) is 0 Å². The van der Waals surface area contributed by atoms with Crippen molar-refractivity contribution in [1.82, 2.24) is 15.0 Å². The quantitative estimate of drug-likeness (QED) is 0.169. The van der Waals surface area contributed by atoms with Crippen LogP contribution in [0, 0.1) is 0 Å². The van der Waals surface area contributed by atoms with Gasteiger partial charge in [0.2, 0.25) is 0 Å². The predicted octanol–water partition coefficient (Wildman–Crippen LogP) is 14.2. The summed E-state index contributed by atoms with van der Waals surface area (Å²) < 4.78 is 0. The Hall–Kier alpha value is -8.01. The highest BCUT2D eigenvalue weighted by Gasteiger charge is 2.52. The Labute approximate surface area is 355 Å². The first-order chi connectivity index (χ1) is 30.2. The summed E-state index contributed by atoms with van der Waals surface area (Å²) in [6.45, 7) is 0. The molecule has 284 valence electrons. The van der Waals surface area contributed by atoms with Crippen molar-refractivity contribution in [2.75, 3.05) is 0 Å². The zero-order valence-corrected chi connectivity index (χ0v) is 33.2. The maximum absolute atomic E-state index is 5.19. The van der Waals surface area contributed by atoms with Gasteiger partial charge >= 0.3 is 0 Å². The molecule has 0 unspecified atom stereocenters. The largest absolute Gasteiger partial charge is 0.208 e. The van der Waals surface area contributed by atoms with E-state index < -0.39 is 5.41 Å². The lowest BCUT2D eigenvalue weighted by molar-refractivity contribution is 0.796. The van der Waals surface area contributed by atoms with E-state index in [-0.39, 0.29) is 0 Å². The van der Waals surface area contributed by atoms with Gasteiger partial charge in [0.25, 0.3) is 0 Å². The number of hydrogen-bond acceptors (Lipinski definition) is 3. The molecule has 0 saturated carbocycles. The van der Waals surface area contributed by atoms with Gasteiger partial charge in [-0.3, -0.25) is 0 Å². The molecule has 2 aliphatic rings. The summed E-state index contributed by atoms with van der Waals surface area (Å²) in [5.74, 6) is 1.89. The van der Waals surface area contributed by atoms with E-state index in [0.717, 1.165) is 44.5 Å². The molecule has 0 bridgehead atoms. The van der Waals surface area contributed by atoms with Crippen molar-refractivity contribution in [3.8, 4) is 89.8 Å². The molecule has 0 N–H and O–H groups in total. The van der Waals surface area contributed by atoms with E-state index >= 15 is 0 Å². The molecule has 10 aromatic rings. The molecule has 0 aliphatic heterocycles. The Balaban J connectivity index is 1.01. The van der Waals surface area contributed by atoms with E-state index in [4.69, 9.17) is 15.0 Å². The van der Waals surface area contributed by atoms with Crippen LogP contribution in [0.15, 0.2) is 224 Å². The molecule has 0 amide bonds. The molecular formula is C58H37N3. The van der Waals surface area contributed by atoms with Crippen LogP contribution in [0.1, 0.15) is 22.3 Å². The summed E-state index contributed by atoms with van der Waals surface area (Å²) in [4.78, 5) is 15.5. The van der Waals surface area contributed by atoms with Crippen LogP contribution >= 0.6 is 0 Å². The number of fused-ring (bicyclic) bond motifs is 10. The zero-order chi connectivity index (χ0) is 40.3. The minimum atomic E-state index is -0.436. The van der Waals surface area contributed by atoms with Gasteiger partial charge < -0.3 is 0 Å². The van der Waals surface area contributed by atoms with Crippen molar-refractivity contribution < 1.29 is 0 Å². The van der Waals surface area contributed by atoms with Gasteiger partial charge in [-0.1, -0.05) is 212 Å². The molecule has 9 aromatic carbocycles. The second kappa shape index (κ2) is 14.1. The minimum Gasteiger partial charge on any atom is -0.208 e. The van der Waals surface area contributed by atoms with Crippen LogP contribution in [0.5, 0.6) is 0 Å². The first-order valence-electron chi connectivity index (χ1n) is 20.9. The maximum Gasteiger partial charge on any atom is 0.164 e. The molecule has 0 atom stereocenters. The zero-order valence-electron chi connectivity index (χ0n) is 33.2. The van der Waals surface area contributed by atoms with Crippen LogP contribution < -0.4 is 0 Å². The van der Waals surface area contributed by atoms with Crippen LogP contribution in [0.4, 0.5) is 0 Å². The highest BCUT2D eigenvalue weighted by molar-refractivity contribution is 5.98. The molecular weight excluding hydrogens is 739 g/mol. The third-order valence-corrected chi connectivity index (χ3v) is 12.6. The van der Waals surface area contributed by atoms with E-state index in [2.05, 4.69) is 212 Å². The van der Waals surface area contributed by atoms with Gasteiger partial charge in [0.15, 0.2) is 17.5 Å². The van der Waals surface area contributed by atoms with Crippen LogP contribution in [0.25, 0.3) is 89.8 Å². The lowest BCUT2D eigenvalue weighted by atomic mass is 9.68. The molecule has 1 spiro atoms. The highest BCUT2D eigenvalue weighted by atomic mass is 15.0. The second-order valence-corrected chi connectivity index (χ2v) is 15.9. The fourth-order valence-electron chi connectivity index (χ4n) is 9.89. The van der Waals surface area contributed by atoms with Crippen molar-refractivity contribution in [1.29, 1.82) is 0 Å². The van der Waals surface area contributed by atoms with Crippen molar-refractivity contribution >= 4 is 0 Å². The number of rotatable bonds is 6. The van der Waals surface area contributed by atoms with E-state index in [1.54, 1.807) is 0 Å². The Bertz CT molecular complexity index is 3130. The molecule has 2 aliphatic carbocycles. The predicted molar refractivity (Wildman–Crippen MR) is 249 cm³/mol. The van der Waals surface area contributed by atoms with Gasteiger partial charge in [-0.05, 0) is 90.0 Å². The summed E-state index contributed by atoms with van der Waals surface area (Å²) in [6, 6.07) is 80.4. The molecule has 12 rings (SSSR count). The maximum atomic E-state index is 5.19. The third-order valence-electron chi connectivity index (χ3n) is 12.6. The van der Waals surface area contributed by atoms with E-state index in [1.807, 2.05) is 12.1 Å². The Morgan fingerprint density at radius 3 is 1.08 bits per heavy atom. The minimum absolute atomic E-state index is 0.436. The smallest absolute Gasteiger partial charge is 0.164 e. The molecule has 3 heteroatoms. The molecule has 61 heavy (non-hydrogen) atoms. The topological polar surface area (TPSA) is 38.7 Å². The van der Waals surface area contributed by atoms with Crippen LogP contribution in [-0.4, -0.2) is 15.0 Å². The van der Waals surface area contributed by atoms with Crippen molar-refractivity contribution in [2.45, 2.75) is 5.41 Å². The Morgan fingerprint density at radius 2 is 0.574 bits per heavy atom. The van der Waals surface area contributed by atoms with E-state index in [1.165, 1.54) is 50.1 Å². The fraction of sp³-hybridized carbons (Fsp3) is 0.0172. The molecule has 1 heterocycles. The SMILES string of the molecule is c1ccc(-c2cccc(-c3nc(-c4ccc(-c5cccc6c5C5(c7ccccc7-c7ccccc75)c5ccccc5-6)cc4)nc(-c4cccc(-c5ccccc5)c4)n3)c2)cc1. The van der Waals surface area contributed by atoms with E-state index in [9.17, 15) is 0 Å². The summed E-state index contributed by atoms with van der Waals surface area (Å²) in [5, 5.41) is 0. The standard InChI is InChI=1S/C58H37N3/c1-3-16-38(17-4-1)42-20-13-22-44(36-42)56-59-55(60-57(61-56)45-23-14-21-43(37-45)39-18-5-2-6-19-39)41-34-32-40(33-35-41)46-27-15-28-50-49-26-9-12-31-53(49)58(54(46)50)51-29-10-7-24-47(51)48-25-8-11-30-52(48)58/h1-37H. The molecule has 0 saturated heterocycles. The van der Waals surface area contributed by atoms with Crippen LogP contribution in [0.3, 0.4) is 0 Å². The highest BCUT2D eigenvalue weighted by Crippen LogP contribution is 2.64. The number of hydrogen-bond donors (Lipinski definition) is 0. The summed E-state index contributed by atoms with van der Waals surface area (Å²) in [7, 11) is 0. The number of nitrogens with zero attached hydrogens (tertiary/aromatic N) is 3. The first kappa shape index (κ1) is 35.0. The van der Waals surface area contributed by atoms with Gasteiger partial charge in [0, 0.05) is 16.7 Å². The summed E-state index contributed by atoms with van der Waals surface area (Å²) >= 11 is 0. The van der Waals surface area contributed by atoms with Crippen LogP contribution in [-0.2, 0) is 5.41 Å². The normalized spacial score (nSPS) is 12.7. The van der Waals surface area contributed by atoms with Gasteiger partial charge in [-0.15, -0.1) is 0 Å². The first-order valence-corrected chi connectivity index (χ1v) is 20.9. The lowest BCUT2D eigenvalue weighted by Gasteiger charge is -2.32. The monoisotopic (exact) mass is 775 g/mol. The van der Waals surface area contributed by atoms with E-state index in [0.29, 0.717) is 17.5 Å². The van der Waals surface area contributed by atoms with Gasteiger partial charge in [-0.25, -0.2) is 15.0 Å². The molecule has 0 radical (unpaired) electrons.